The van der Waals surface area contributed by atoms with Gasteiger partial charge in [0.15, 0.2) is 0 Å². The monoisotopic (exact) mass is 793 g/mol. The van der Waals surface area contributed by atoms with Gasteiger partial charge in [-0.3, -0.25) is 14.4 Å². The standard InChI is InChI=1S/C44H51N5O7S/c1-43(2,3)27-40(50)49-28-32(56-38-25-35(29-15-9-8-10-16-29)46-36-23-31(55-4)20-21-33(36)38)24-37(49)41(51)47-44-26-30(44)17-11-6-5-7-14-22-45-34-18-12-13-19-39(34)57(53,54)48-42(44)52/h8-13,15-21,23,25,30,32,37,45H,5-7,14,22,24,26-28H2,1-4H3,(H,47,51)(H,48,52)/t30-,32-,37+,44-/m1/s1. The number of ether oxygens (including phenoxy) is 2. The van der Waals surface area contributed by atoms with E-state index in [0.29, 0.717) is 34.9 Å². The Morgan fingerprint density at radius 2 is 1.77 bits per heavy atom. The van der Waals surface area contributed by atoms with Crippen molar-refractivity contribution in [2.75, 3.05) is 25.5 Å². The molecule has 1 saturated carbocycles. The minimum Gasteiger partial charge on any atom is -0.497 e. The van der Waals surface area contributed by atoms with E-state index < -0.39 is 45.4 Å². The molecule has 0 radical (unpaired) electrons. The average Bonchev–Trinajstić information content (AvgIpc) is 3.71. The second-order valence-electron chi connectivity index (χ2n) is 16.4. The fourth-order valence-corrected chi connectivity index (χ4v) is 8.97. The van der Waals surface area contributed by atoms with Gasteiger partial charge in [0, 0.05) is 48.4 Å². The van der Waals surface area contributed by atoms with Crippen LogP contribution < -0.4 is 24.8 Å². The van der Waals surface area contributed by atoms with Crippen LogP contribution in [0.25, 0.3) is 22.2 Å². The van der Waals surface area contributed by atoms with E-state index in [2.05, 4.69) is 15.4 Å². The number of pyridine rings is 1. The molecule has 3 N–H and O–H groups in total. The summed E-state index contributed by atoms with van der Waals surface area (Å²) >= 11 is 0. The number of fused-ring (bicyclic) bond motifs is 3. The van der Waals surface area contributed by atoms with Crippen LogP contribution in [0.4, 0.5) is 5.69 Å². The maximum atomic E-state index is 14.5. The minimum absolute atomic E-state index is 0.0466. The molecule has 4 atom stereocenters. The zero-order valence-corrected chi connectivity index (χ0v) is 33.7. The Kier molecular flexibility index (Phi) is 11.3. The third kappa shape index (κ3) is 8.93. The summed E-state index contributed by atoms with van der Waals surface area (Å²) in [7, 11) is -2.72. The lowest BCUT2D eigenvalue weighted by Gasteiger charge is -2.29. The molecule has 1 aromatic heterocycles. The van der Waals surface area contributed by atoms with Crippen LogP contribution in [0.15, 0.2) is 95.9 Å². The molecule has 0 unspecified atom stereocenters. The molecule has 57 heavy (non-hydrogen) atoms. The second-order valence-corrected chi connectivity index (χ2v) is 18.1. The predicted octanol–water partition coefficient (Wildman–Crippen LogP) is 6.62. The Bertz CT molecular complexity index is 2290. The molecule has 3 aliphatic rings. The summed E-state index contributed by atoms with van der Waals surface area (Å²) in [6.45, 7) is 6.60. The van der Waals surface area contributed by atoms with Crippen molar-refractivity contribution in [3.63, 3.8) is 0 Å². The van der Waals surface area contributed by atoms with Crippen molar-refractivity contribution in [3.8, 4) is 22.8 Å². The summed E-state index contributed by atoms with van der Waals surface area (Å²) in [5.74, 6) is -0.823. The van der Waals surface area contributed by atoms with Gasteiger partial charge in [-0.25, -0.2) is 18.1 Å². The second kappa shape index (κ2) is 16.2. The highest BCUT2D eigenvalue weighted by Crippen LogP contribution is 2.46. The number of para-hydroxylation sites is 1. The molecule has 3 aromatic carbocycles. The molecular weight excluding hydrogens is 743 g/mol. The van der Waals surface area contributed by atoms with Gasteiger partial charge < -0.3 is 25.0 Å². The van der Waals surface area contributed by atoms with Gasteiger partial charge >= 0.3 is 0 Å². The summed E-state index contributed by atoms with van der Waals surface area (Å²) < 4.78 is 42.0. The molecule has 0 spiro atoms. The third-order valence-corrected chi connectivity index (χ3v) is 12.2. The molecule has 4 aromatic rings. The lowest BCUT2D eigenvalue weighted by molar-refractivity contribution is -0.141. The summed E-state index contributed by atoms with van der Waals surface area (Å²) in [6, 6.07) is 22.6. The number of hydrogen-bond donors (Lipinski definition) is 3. The largest absolute Gasteiger partial charge is 0.497 e. The molecule has 13 heteroatoms. The Morgan fingerprint density at radius 1 is 1.00 bits per heavy atom. The number of likely N-dealkylation sites (tertiary alicyclic amines) is 1. The highest BCUT2D eigenvalue weighted by Gasteiger charge is 2.61. The van der Waals surface area contributed by atoms with Gasteiger partial charge in [0.25, 0.3) is 15.9 Å². The van der Waals surface area contributed by atoms with Crippen molar-refractivity contribution >= 4 is 44.3 Å². The number of sulfonamides is 1. The van der Waals surface area contributed by atoms with Crippen LogP contribution in [-0.2, 0) is 24.4 Å². The van der Waals surface area contributed by atoms with Crippen LogP contribution in [0, 0.1) is 11.3 Å². The first kappa shape index (κ1) is 39.8. The van der Waals surface area contributed by atoms with Gasteiger partial charge in [0.1, 0.15) is 34.1 Å². The predicted molar refractivity (Wildman–Crippen MR) is 219 cm³/mol. The molecule has 7 rings (SSSR count). The number of nitrogens with zero attached hydrogens (tertiary/aromatic N) is 2. The van der Waals surface area contributed by atoms with E-state index in [-0.39, 0.29) is 42.0 Å². The Labute approximate surface area is 334 Å². The number of methoxy groups -OCH3 is 1. The van der Waals surface area contributed by atoms with E-state index >= 15 is 0 Å². The number of aromatic nitrogens is 1. The first-order chi connectivity index (χ1) is 27.3. The number of rotatable bonds is 7. The molecule has 0 bridgehead atoms. The topological polar surface area (TPSA) is 156 Å². The lowest BCUT2D eigenvalue weighted by atomic mass is 9.91. The number of carbonyl (C=O) groups excluding carboxylic acids is 3. The Morgan fingerprint density at radius 3 is 2.54 bits per heavy atom. The number of carbonyl (C=O) groups is 3. The van der Waals surface area contributed by atoms with Crippen LogP contribution in [0.5, 0.6) is 11.5 Å². The molecule has 300 valence electrons. The van der Waals surface area contributed by atoms with Crippen molar-refractivity contribution in [3.05, 3.63) is 91.0 Å². The van der Waals surface area contributed by atoms with Gasteiger partial charge in [-0.15, -0.1) is 0 Å². The normalized spacial score (nSPS) is 23.5. The fraction of sp³-hybridized carbons (Fsp3) is 0.409. The maximum Gasteiger partial charge on any atom is 0.266 e. The van der Waals surface area contributed by atoms with Gasteiger partial charge in [0.2, 0.25) is 11.8 Å². The van der Waals surface area contributed by atoms with E-state index in [1.165, 1.54) is 6.07 Å². The number of benzene rings is 3. The summed E-state index contributed by atoms with van der Waals surface area (Å²) in [4.78, 5) is 49.0. The average molecular weight is 794 g/mol. The van der Waals surface area contributed by atoms with E-state index in [9.17, 15) is 22.8 Å². The number of anilines is 1. The molecule has 3 heterocycles. The highest BCUT2D eigenvalue weighted by molar-refractivity contribution is 7.90. The quantitative estimate of drug-likeness (QED) is 0.175. The van der Waals surface area contributed by atoms with Crippen LogP contribution >= 0.6 is 0 Å². The van der Waals surface area contributed by atoms with Gasteiger partial charge in [0.05, 0.1) is 30.6 Å². The Balaban J connectivity index is 1.19. The summed E-state index contributed by atoms with van der Waals surface area (Å²) in [5, 5.41) is 6.91. The van der Waals surface area contributed by atoms with Crippen LogP contribution in [0.2, 0.25) is 0 Å². The minimum atomic E-state index is -4.32. The number of amides is 3. The molecular formula is C44H51N5O7S. The molecule has 3 amide bonds. The first-order valence-corrected chi connectivity index (χ1v) is 21.1. The molecule has 2 aliphatic heterocycles. The van der Waals surface area contributed by atoms with Gasteiger partial charge in [-0.1, -0.05) is 81.8 Å². The van der Waals surface area contributed by atoms with Crippen molar-refractivity contribution in [1.29, 1.82) is 0 Å². The smallest absolute Gasteiger partial charge is 0.266 e. The third-order valence-electron chi connectivity index (χ3n) is 10.8. The maximum absolute atomic E-state index is 14.5. The molecule has 1 saturated heterocycles. The van der Waals surface area contributed by atoms with E-state index in [1.807, 2.05) is 87.5 Å². The lowest BCUT2D eigenvalue weighted by Crippen LogP contribution is -2.56. The Hall–Kier alpha value is -5.43. The fourth-order valence-electron chi connectivity index (χ4n) is 7.75. The molecule has 1 aliphatic carbocycles. The van der Waals surface area contributed by atoms with Gasteiger partial charge in [-0.05, 0) is 55.4 Å². The summed E-state index contributed by atoms with van der Waals surface area (Å²) in [6.07, 6.45) is 7.38. The van der Waals surface area contributed by atoms with Crippen LogP contribution in [0.1, 0.15) is 65.7 Å². The number of nitrogens with one attached hydrogen (secondary N) is 3. The van der Waals surface area contributed by atoms with Crippen LogP contribution in [-0.4, -0.2) is 73.9 Å². The van der Waals surface area contributed by atoms with Crippen LogP contribution in [0.3, 0.4) is 0 Å². The van der Waals surface area contributed by atoms with Gasteiger partial charge in [-0.2, -0.15) is 0 Å². The molecule has 12 nitrogen and oxygen atoms in total. The SMILES string of the molecule is COc1ccc2c(O[C@@H]3C[C@@H](C(=O)N[C@]45C[C@H]4C=CCCCCCNc4ccccc4S(=O)(=O)NC5=O)N(C(=O)CC(C)(C)C)C3)cc(-c3ccccc3)nc2c1. The zero-order chi connectivity index (χ0) is 40.4. The first-order valence-electron chi connectivity index (χ1n) is 19.7. The van der Waals surface area contributed by atoms with E-state index in [4.69, 9.17) is 14.5 Å². The number of allylic oxidation sites excluding steroid dienone is 1. The summed E-state index contributed by atoms with van der Waals surface area (Å²) in [5.41, 5.74) is 0.758. The number of hydrogen-bond acceptors (Lipinski definition) is 9. The van der Waals surface area contributed by atoms with Crippen molar-refractivity contribution < 1.29 is 32.3 Å². The van der Waals surface area contributed by atoms with Crippen molar-refractivity contribution in [1.82, 2.24) is 19.9 Å². The van der Waals surface area contributed by atoms with Crippen molar-refractivity contribution in [2.45, 2.75) is 88.3 Å². The van der Waals surface area contributed by atoms with E-state index in [1.54, 1.807) is 30.2 Å². The van der Waals surface area contributed by atoms with Crippen molar-refractivity contribution in [2.24, 2.45) is 11.3 Å². The zero-order valence-electron chi connectivity index (χ0n) is 32.9. The highest BCUT2D eigenvalue weighted by atomic mass is 32.2. The molecule has 2 fully saturated rings. The van der Waals surface area contributed by atoms with E-state index in [0.717, 1.165) is 36.6 Å².